The topological polar surface area (TPSA) is 43.4 Å². The zero-order valence-electron chi connectivity index (χ0n) is 13.8. The van der Waals surface area contributed by atoms with E-state index in [-0.39, 0.29) is 57.0 Å². The predicted octanol–water partition coefficient (Wildman–Crippen LogP) is 4.40. The van der Waals surface area contributed by atoms with Crippen LogP contribution in [0.4, 0.5) is 0 Å². The Bertz CT molecular complexity index is 474. The minimum absolute atomic E-state index is 0. The Morgan fingerprint density at radius 1 is 0.783 bits per heavy atom. The molecule has 3 nitrogen and oxygen atoms in total. The van der Waals surface area contributed by atoms with E-state index in [4.69, 9.17) is 4.18 Å². The first kappa shape index (κ1) is 23.6. The van der Waals surface area contributed by atoms with Gasteiger partial charge in [0.1, 0.15) is 0 Å². The zero-order chi connectivity index (χ0) is 16.1. The molecule has 0 aromatic heterocycles. The zero-order valence-corrected chi connectivity index (χ0v) is 14.6. The number of unbranched alkanes of at least 4 members (excludes halogenated alkanes) is 9. The van der Waals surface area contributed by atoms with E-state index >= 15 is 0 Å². The van der Waals surface area contributed by atoms with Gasteiger partial charge in [0.15, 0.2) is 0 Å². The Morgan fingerprint density at radius 2 is 1.26 bits per heavy atom. The van der Waals surface area contributed by atoms with Crippen molar-refractivity contribution in [2.24, 2.45) is 0 Å². The Morgan fingerprint density at radius 3 is 1.78 bits per heavy atom. The second-order valence-electron chi connectivity index (χ2n) is 5.77. The Kier molecular flexibility index (Phi) is 15.3. The van der Waals surface area contributed by atoms with E-state index in [1.165, 1.54) is 51.4 Å². The van der Waals surface area contributed by atoms with Crippen LogP contribution in [-0.2, 0) is 14.3 Å². The number of benzene rings is 1. The molecule has 1 aromatic carbocycles. The van der Waals surface area contributed by atoms with E-state index in [1.54, 1.807) is 30.3 Å². The van der Waals surface area contributed by atoms with Crippen molar-refractivity contribution in [1.82, 2.24) is 0 Å². The van der Waals surface area contributed by atoms with E-state index in [2.05, 4.69) is 6.92 Å². The van der Waals surface area contributed by atoms with Crippen LogP contribution in [0.5, 0.6) is 0 Å². The number of rotatable bonds is 13. The molecular weight excluding hydrogens is 384 g/mol. The van der Waals surface area contributed by atoms with Crippen molar-refractivity contribution < 1.29 is 12.6 Å². The van der Waals surface area contributed by atoms with Crippen molar-refractivity contribution in [3.05, 3.63) is 30.3 Å². The van der Waals surface area contributed by atoms with Gasteiger partial charge in [-0.1, -0.05) is 82.9 Å². The maximum atomic E-state index is 11.9. The molecule has 0 unspecified atom stereocenters. The van der Waals surface area contributed by atoms with Crippen LogP contribution in [0.1, 0.15) is 71.1 Å². The fraction of sp³-hybridized carbons (Fsp3) is 0.667. The first-order valence-corrected chi connectivity index (χ1v) is 10.0. The quantitative estimate of drug-likeness (QED) is 0.272. The molecule has 0 N–H and O–H groups in total. The summed E-state index contributed by atoms with van der Waals surface area (Å²) in [5.74, 6) is 0. The van der Waals surface area contributed by atoms with Gasteiger partial charge in [0, 0.05) is 0 Å². The summed E-state index contributed by atoms with van der Waals surface area (Å²) in [6, 6.07) is 8.33. The summed E-state index contributed by atoms with van der Waals surface area (Å²) in [5.41, 5.74) is 0. The van der Waals surface area contributed by atoms with Gasteiger partial charge < -0.3 is 0 Å². The van der Waals surface area contributed by atoms with Crippen LogP contribution < -0.4 is 0 Å². The van der Waals surface area contributed by atoms with Gasteiger partial charge in [-0.15, -0.1) is 0 Å². The van der Waals surface area contributed by atoms with Gasteiger partial charge in [-0.25, -0.2) is 0 Å². The van der Waals surface area contributed by atoms with E-state index in [9.17, 15) is 8.42 Å². The molecular formula is C18H32O3SSr. The normalized spacial score (nSPS) is 11.2. The summed E-state index contributed by atoms with van der Waals surface area (Å²) >= 11 is 0. The Labute approximate surface area is 179 Å². The monoisotopic (exact) mass is 416 g/mol. The number of hydrogen-bond donors (Lipinski definition) is 0. The van der Waals surface area contributed by atoms with Gasteiger partial charge in [0.2, 0.25) is 0 Å². The van der Waals surface area contributed by atoms with E-state index in [0.717, 1.165) is 12.8 Å². The molecule has 0 amide bonds. The average molecular weight is 416 g/mol. The average Bonchev–Trinajstić information content (AvgIpc) is 2.53. The first-order chi connectivity index (χ1) is 10.7. The Balaban J connectivity index is 0.00000484. The van der Waals surface area contributed by atoms with Crippen molar-refractivity contribution in [2.45, 2.75) is 76.0 Å². The third-order valence-electron chi connectivity index (χ3n) is 3.77. The first-order valence-electron chi connectivity index (χ1n) is 8.61. The van der Waals surface area contributed by atoms with Gasteiger partial charge in [-0.05, 0) is 18.6 Å². The van der Waals surface area contributed by atoms with Crippen molar-refractivity contribution in [3.63, 3.8) is 0 Å². The molecule has 0 aliphatic rings. The van der Waals surface area contributed by atoms with Crippen molar-refractivity contribution >= 4 is 55.6 Å². The van der Waals surface area contributed by atoms with Crippen LogP contribution in [0.15, 0.2) is 35.2 Å². The van der Waals surface area contributed by atoms with Crippen LogP contribution in [0, 0.1) is 0 Å². The third kappa shape index (κ3) is 11.7. The molecule has 5 heteroatoms. The Hall–Kier alpha value is 0.611. The molecule has 1 rings (SSSR count). The van der Waals surface area contributed by atoms with Crippen LogP contribution in [0.3, 0.4) is 0 Å². The molecule has 0 aliphatic carbocycles. The molecule has 1 aromatic rings. The van der Waals surface area contributed by atoms with Gasteiger partial charge in [0.25, 0.3) is 10.1 Å². The molecule has 0 bridgehead atoms. The third-order valence-corrected chi connectivity index (χ3v) is 5.09. The van der Waals surface area contributed by atoms with Crippen LogP contribution in [0.25, 0.3) is 0 Å². The summed E-state index contributed by atoms with van der Waals surface area (Å²) in [7, 11) is -3.57. The van der Waals surface area contributed by atoms with Crippen molar-refractivity contribution in [1.29, 1.82) is 0 Å². The summed E-state index contributed by atoms with van der Waals surface area (Å²) in [6.45, 7) is 2.52. The van der Waals surface area contributed by atoms with Crippen LogP contribution in [-0.4, -0.2) is 60.5 Å². The van der Waals surface area contributed by atoms with Gasteiger partial charge in [-0.2, -0.15) is 8.42 Å². The minimum atomic E-state index is -3.57. The molecule has 0 saturated carbocycles. The molecule has 0 fully saturated rings. The molecule has 23 heavy (non-hydrogen) atoms. The molecule has 130 valence electrons. The SMILES string of the molecule is CCCCCCCCCCCCOS(=O)(=O)c1ccccc1.[SrH2]. The van der Waals surface area contributed by atoms with Crippen molar-refractivity contribution in [3.8, 4) is 0 Å². The molecule has 0 heterocycles. The fourth-order valence-corrected chi connectivity index (χ4v) is 3.38. The van der Waals surface area contributed by atoms with Crippen LogP contribution >= 0.6 is 0 Å². The maximum absolute atomic E-state index is 11.9. The summed E-state index contributed by atoms with van der Waals surface area (Å²) in [6.07, 6.45) is 12.3. The summed E-state index contributed by atoms with van der Waals surface area (Å²) in [5, 5.41) is 0. The van der Waals surface area contributed by atoms with Gasteiger partial charge >= 0.3 is 45.5 Å². The standard InChI is InChI=1S/C18H30O3S.Sr.2H/c1-2-3-4-5-6-7-8-9-10-14-17-21-22(19,20)18-15-12-11-13-16-18;;;/h11-13,15-16H,2-10,14,17H2,1H3;;;. The van der Waals surface area contributed by atoms with Crippen LogP contribution in [0.2, 0.25) is 0 Å². The fourth-order valence-electron chi connectivity index (χ4n) is 2.41. The van der Waals surface area contributed by atoms with Gasteiger partial charge in [0.05, 0.1) is 11.5 Å². The molecule has 0 aliphatic heterocycles. The molecule has 0 radical (unpaired) electrons. The number of hydrogen-bond acceptors (Lipinski definition) is 3. The van der Waals surface area contributed by atoms with Gasteiger partial charge in [-0.3, -0.25) is 4.18 Å². The predicted molar refractivity (Wildman–Crippen MR) is 100.0 cm³/mol. The van der Waals surface area contributed by atoms with E-state index in [0.29, 0.717) is 0 Å². The summed E-state index contributed by atoms with van der Waals surface area (Å²) < 4.78 is 28.8. The van der Waals surface area contributed by atoms with E-state index < -0.39 is 10.1 Å². The summed E-state index contributed by atoms with van der Waals surface area (Å²) in [4.78, 5) is 0.238. The molecule has 0 atom stereocenters. The second-order valence-corrected chi connectivity index (χ2v) is 7.39. The van der Waals surface area contributed by atoms with Crippen molar-refractivity contribution in [2.75, 3.05) is 6.61 Å². The molecule has 0 spiro atoms. The molecule has 0 saturated heterocycles. The van der Waals surface area contributed by atoms with E-state index in [1.807, 2.05) is 0 Å². The second kappa shape index (κ2) is 14.9.